The minimum absolute atomic E-state index is 0.173. The molecule has 0 spiro atoms. The number of likely N-dealkylation sites (tertiary alicyclic amines) is 1. The Hall–Kier alpha value is -2.17. The molecule has 0 bridgehead atoms. The molecule has 1 aliphatic rings. The summed E-state index contributed by atoms with van der Waals surface area (Å²) in [5, 5.41) is 0. The molecule has 4 nitrogen and oxygen atoms in total. The molecule has 150 valence electrons. The van der Waals surface area contributed by atoms with Crippen molar-refractivity contribution in [2.24, 2.45) is 11.7 Å². The van der Waals surface area contributed by atoms with Crippen molar-refractivity contribution >= 4 is 5.91 Å². The Morgan fingerprint density at radius 2 is 1.57 bits per heavy atom. The fourth-order valence-electron chi connectivity index (χ4n) is 4.93. The number of rotatable bonds is 9. The van der Waals surface area contributed by atoms with Crippen molar-refractivity contribution in [3.8, 4) is 0 Å². The van der Waals surface area contributed by atoms with E-state index < -0.39 is 0 Å². The zero-order chi connectivity index (χ0) is 20.0. The summed E-state index contributed by atoms with van der Waals surface area (Å²) in [5.41, 5.74) is 7.89. The summed E-state index contributed by atoms with van der Waals surface area (Å²) in [6.45, 7) is 9.51. The molecule has 4 heteroatoms. The van der Waals surface area contributed by atoms with Crippen LogP contribution in [0.15, 0.2) is 60.7 Å². The quantitative estimate of drug-likeness (QED) is 0.726. The lowest BCUT2D eigenvalue weighted by atomic mass is 9.72. The van der Waals surface area contributed by atoms with Gasteiger partial charge in [0, 0.05) is 19.5 Å². The molecule has 1 saturated heterocycles. The van der Waals surface area contributed by atoms with E-state index in [1.807, 2.05) is 0 Å². The number of likely N-dealkylation sites (N-methyl/N-ethyl adjacent to an activating group) is 1. The van der Waals surface area contributed by atoms with Crippen LogP contribution in [-0.4, -0.2) is 48.4 Å². The molecule has 1 unspecified atom stereocenters. The summed E-state index contributed by atoms with van der Waals surface area (Å²) < 4.78 is 0. The molecule has 2 N–H and O–H groups in total. The summed E-state index contributed by atoms with van der Waals surface area (Å²) in [6, 6.07) is 21.3. The summed E-state index contributed by atoms with van der Waals surface area (Å²) in [6.07, 6.45) is 1.39. The third-order valence-electron chi connectivity index (χ3n) is 6.29. The van der Waals surface area contributed by atoms with Gasteiger partial charge in [0.1, 0.15) is 0 Å². The second-order valence-electron chi connectivity index (χ2n) is 7.67. The van der Waals surface area contributed by atoms with Crippen LogP contribution in [0, 0.1) is 5.92 Å². The Morgan fingerprint density at radius 1 is 1.04 bits per heavy atom. The summed E-state index contributed by atoms with van der Waals surface area (Å²) in [5.74, 6) is -0.0432. The maximum atomic E-state index is 12.0. The summed E-state index contributed by atoms with van der Waals surface area (Å²) >= 11 is 0. The Labute approximate surface area is 169 Å². The number of carbonyl (C=O) groups is 1. The molecule has 28 heavy (non-hydrogen) atoms. The van der Waals surface area contributed by atoms with Gasteiger partial charge in [-0.15, -0.1) is 0 Å². The van der Waals surface area contributed by atoms with Gasteiger partial charge < -0.3 is 10.6 Å². The number of benzene rings is 2. The first-order valence-electron chi connectivity index (χ1n) is 10.5. The molecule has 1 fully saturated rings. The third-order valence-corrected chi connectivity index (χ3v) is 6.29. The predicted molar refractivity (Wildman–Crippen MR) is 115 cm³/mol. The van der Waals surface area contributed by atoms with Crippen LogP contribution in [0.2, 0.25) is 0 Å². The number of hydrogen-bond acceptors (Lipinski definition) is 3. The van der Waals surface area contributed by atoms with Crippen LogP contribution >= 0.6 is 0 Å². The molecular weight excluding hydrogens is 346 g/mol. The predicted octanol–water partition coefficient (Wildman–Crippen LogP) is 3.47. The second kappa shape index (κ2) is 9.35. The van der Waals surface area contributed by atoms with E-state index in [9.17, 15) is 4.79 Å². The first-order valence-corrected chi connectivity index (χ1v) is 10.5. The molecule has 1 atom stereocenters. The maximum Gasteiger partial charge on any atom is 0.217 e. The van der Waals surface area contributed by atoms with E-state index in [-0.39, 0.29) is 17.4 Å². The number of amides is 1. The van der Waals surface area contributed by atoms with Crippen molar-refractivity contribution in [3.63, 3.8) is 0 Å². The number of primary amides is 1. The molecule has 1 amide bonds. The SMILES string of the molecule is CCN(CC)CCN1CCC(CC(N)=O)C1(c1ccccc1)c1ccccc1. The molecule has 0 radical (unpaired) electrons. The standard InChI is InChI=1S/C24H33N3O/c1-3-26(4-2)17-18-27-16-15-22(19-23(25)28)24(27,20-11-7-5-8-12-20)21-13-9-6-10-14-21/h5-14,22H,3-4,15-19H2,1-2H3,(H2,25,28). The highest BCUT2D eigenvalue weighted by molar-refractivity contribution is 5.74. The fraction of sp³-hybridized carbons (Fsp3) is 0.458. The minimum atomic E-state index is -0.315. The minimum Gasteiger partial charge on any atom is -0.370 e. The molecule has 0 aromatic heterocycles. The normalized spacial score (nSPS) is 19.2. The van der Waals surface area contributed by atoms with E-state index in [1.54, 1.807) is 0 Å². The smallest absolute Gasteiger partial charge is 0.217 e. The Bertz CT molecular complexity index is 703. The number of hydrogen-bond donors (Lipinski definition) is 1. The van der Waals surface area contributed by atoms with Crippen LogP contribution in [0.25, 0.3) is 0 Å². The zero-order valence-corrected chi connectivity index (χ0v) is 17.2. The van der Waals surface area contributed by atoms with E-state index in [1.165, 1.54) is 11.1 Å². The number of nitrogens with zero attached hydrogens (tertiary/aromatic N) is 2. The van der Waals surface area contributed by atoms with Gasteiger partial charge in [-0.25, -0.2) is 0 Å². The average molecular weight is 380 g/mol. The van der Waals surface area contributed by atoms with E-state index in [0.717, 1.165) is 39.1 Å². The Morgan fingerprint density at radius 3 is 2.04 bits per heavy atom. The molecule has 2 aromatic rings. The number of carbonyl (C=O) groups excluding carboxylic acids is 1. The molecular formula is C24H33N3O. The number of nitrogens with two attached hydrogens (primary N) is 1. The van der Waals surface area contributed by atoms with Gasteiger partial charge in [-0.3, -0.25) is 9.69 Å². The summed E-state index contributed by atoms with van der Waals surface area (Å²) in [4.78, 5) is 17.0. The summed E-state index contributed by atoms with van der Waals surface area (Å²) in [7, 11) is 0. The van der Waals surface area contributed by atoms with E-state index in [0.29, 0.717) is 6.42 Å². The first kappa shape index (κ1) is 20.6. The van der Waals surface area contributed by atoms with Gasteiger partial charge in [-0.05, 0) is 43.1 Å². The van der Waals surface area contributed by atoms with Crippen LogP contribution in [-0.2, 0) is 10.3 Å². The van der Waals surface area contributed by atoms with Gasteiger partial charge in [0.15, 0.2) is 0 Å². The lowest BCUT2D eigenvalue weighted by Gasteiger charge is -2.44. The van der Waals surface area contributed by atoms with Crippen LogP contribution in [0.5, 0.6) is 0 Å². The van der Waals surface area contributed by atoms with Crippen LogP contribution in [0.4, 0.5) is 0 Å². The Balaban J connectivity index is 2.09. The van der Waals surface area contributed by atoms with Crippen molar-refractivity contribution in [2.45, 2.75) is 32.2 Å². The maximum absolute atomic E-state index is 12.0. The van der Waals surface area contributed by atoms with Gasteiger partial charge >= 0.3 is 0 Å². The molecule has 2 aromatic carbocycles. The molecule has 3 rings (SSSR count). The van der Waals surface area contributed by atoms with Gasteiger partial charge in [-0.2, -0.15) is 0 Å². The van der Waals surface area contributed by atoms with Crippen LogP contribution in [0.1, 0.15) is 37.8 Å². The van der Waals surface area contributed by atoms with Crippen LogP contribution < -0.4 is 5.73 Å². The van der Waals surface area contributed by atoms with Crippen molar-refractivity contribution in [1.82, 2.24) is 9.80 Å². The highest BCUT2D eigenvalue weighted by Gasteiger charge is 2.51. The molecule has 0 saturated carbocycles. The monoisotopic (exact) mass is 379 g/mol. The topological polar surface area (TPSA) is 49.6 Å². The van der Waals surface area contributed by atoms with Gasteiger partial charge in [0.05, 0.1) is 5.54 Å². The van der Waals surface area contributed by atoms with E-state index >= 15 is 0 Å². The first-order chi connectivity index (χ1) is 13.6. The van der Waals surface area contributed by atoms with Crippen molar-refractivity contribution in [2.75, 3.05) is 32.7 Å². The van der Waals surface area contributed by atoms with E-state index in [2.05, 4.69) is 84.3 Å². The van der Waals surface area contributed by atoms with Gasteiger partial charge in [-0.1, -0.05) is 74.5 Å². The highest BCUT2D eigenvalue weighted by atomic mass is 16.1. The van der Waals surface area contributed by atoms with Crippen LogP contribution in [0.3, 0.4) is 0 Å². The largest absolute Gasteiger partial charge is 0.370 e. The second-order valence-corrected chi connectivity index (χ2v) is 7.67. The van der Waals surface area contributed by atoms with Crippen molar-refractivity contribution < 1.29 is 4.79 Å². The lowest BCUT2D eigenvalue weighted by molar-refractivity contribution is -0.119. The molecule has 0 aliphatic carbocycles. The zero-order valence-electron chi connectivity index (χ0n) is 17.2. The third kappa shape index (κ3) is 3.98. The van der Waals surface area contributed by atoms with Crippen molar-refractivity contribution in [1.29, 1.82) is 0 Å². The fourth-order valence-corrected chi connectivity index (χ4v) is 4.93. The highest BCUT2D eigenvalue weighted by Crippen LogP contribution is 2.49. The molecule has 1 aliphatic heterocycles. The lowest BCUT2D eigenvalue weighted by Crippen LogP contribution is -2.49. The van der Waals surface area contributed by atoms with Crippen molar-refractivity contribution in [3.05, 3.63) is 71.8 Å². The molecule has 1 heterocycles. The van der Waals surface area contributed by atoms with Gasteiger partial charge in [0.25, 0.3) is 0 Å². The Kier molecular flexibility index (Phi) is 6.87. The van der Waals surface area contributed by atoms with Gasteiger partial charge in [0.2, 0.25) is 5.91 Å². The average Bonchev–Trinajstić information content (AvgIpc) is 3.08. The van der Waals surface area contributed by atoms with E-state index in [4.69, 9.17) is 5.73 Å².